The maximum Gasteiger partial charge on any atom is 0.418 e. The zero-order valence-corrected chi connectivity index (χ0v) is 14.2. The summed E-state index contributed by atoms with van der Waals surface area (Å²) in [6.07, 6.45) is -1.24. The Labute approximate surface area is 153 Å². The Morgan fingerprint density at radius 2 is 1.78 bits per heavy atom. The van der Waals surface area contributed by atoms with Crippen molar-refractivity contribution in [2.75, 3.05) is 16.8 Å². The van der Waals surface area contributed by atoms with Gasteiger partial charge in [-0.3, -0.25) is 0 Å². The highest BCUT2D eigenvalue weighted by atomic mass is 19.4. The summed E-state index contributed by atoms with van der Waals surface area (Å²) in [5.74, 6) is 0.566. The van der Waals surface area contributed by atoms with Gasteiger partial charge in [0, 0.05) is 12.2 Å². The molecule has 3 aromatic rings. The average molecular weight is 371 g/mol. The van der Waals surface area contributed by atoms with Gasteiger partial charge >= 0.3 is 6.18 Å². The number of para-hydroxylation sites is 2. The first kappa shape index (κ1) is 17.3. The minimum absolute atomic E-state index is 0.0736. The lowest BCUT2D eigenvalue weighted by atomic mass is 10.0. The zero-order valence-electron chi connectivity index (χ0n) is 14.2. The molecule has 0 amide bonds. The summed E-state index contributed by atoms with van der Waals surface area (Å²) < 4.78 is 39.6. The van der Waals surface area contributed by atoms with Gasteiger partial charge in [0.2, 0.25) is 0 Å². The van der Waals surface area contributed by atoms with Crippen molar-refractivity contribution in [2.45, 2.75) is 19.0 Å². The second kappa shape index (κ2) is 6.86. The molecular weight excluding hydrogens is 355 g/mol. The summed E-state index contributed by atoms with van der Waals surface area (Å²) in [6.45, 7) is 0.723. The van der Waals surface area contributed by atoms with Crippen LogP contribution >= 0.6 is 0 Å². The number of nitrogens with one attached hydrogen (secondary N) is 1. The predicted octanol–water partition coefficient (Wildman–Crippen LogP) is 4.72. The number of hydrogen-bond acceptors (Lipinski definition) is 5. The van der Waals surface area contributed by atoms with Crippen molar-refractivity contribution in [3.05, 3.63) is 65.9 Å². The van der Waals surface area contributed by atoms with Gasteiger partial charge in [-0.15, -0.1) is 5.10 Å². The number of rotatable bonds is 3. The summed E-state index contributed by atoms with van der Waals surface area (Å²) in [5.41, 5.74) is 1.36. The molecule has 2 heterocycles. The summed E-state index contributed by atoms with van der Waals surface area (Å²) in [7, 11) is 0. The number of nitrogens with zero attached hydrogens (tertiary/aromatic N) is 4. The number of aromatic nitrogens is 3. The van der Waals surface area contributed by atoms with Crippen LogP contribution in [-0.4, -0.2) is 21.7 Å². The van der Waals surface area contributed by atoms with Crippen LogP contribution < -0.4 is 10.2 Å². The van der Waals surface area contributed by atoms with Crippen molar-refractivity contribution in [3.63, 3.8) is 0 Å². The Bertz CT molecular complexity index is 958. The van der Waals surface area contributed by atoms with Gasteiger partial charge in [0.05, 0.1) is 17.4 Å². The van der Waals surface area contributed by atoms with Crippen molar-refractivity contribution in [1.82, 2.24) is 15.2 Å². The molecule has 0 aliphatic carbocycles. The van der Waals surface area contributed by atoms with E-state index < -0.39 is 11.7 Å². The van der Waals surface area contributed by atoms with Gasteiger partial charge in [-0.05, 0) is 36.6 Å². The van der Waals surface area contributed by atoms with Gasteiger partial charge in [-0.25, -0.2) is 0 Å². The number of fused-ring (bicyclic) bond motifs is 1. The summed E-state index contributed by atoms with van der Waals surface area (Å²) in [4.78, 5) is 6.32. The molecule has 1 aromatic heterocycles. The highest BCUT2D eigenvalue weighted by Crippen LogP contribution is 2.36. The average Bonchev–Trinajstić information content (AvgIpc) is 2.67. The van der Waals surface area contributed by atoms with Crippen molar-refractivity contribution >= 4 is 23.1 Å². The van der Waals surface area contributed by atoms with Crippen LogP contribution in [0.5, 0.6) is 0 Å². The molecule has 0 saturated heterocycles. The molecule has 2 aromatic carbocycles. The number of anilines is 4. The van der Waals surface area contributed by atoms with E-state index in [-0.39, 0.29) is 11.5 Å². The Hall–Kier alpha value is -3.16. The number of alkyl halides is 3. The lowest BCUT2D eigenvalue weighted by molar-refractivity contribution is -0.136. The smallest absolute Gasteiger partial charge is 0.338 e. The molecule has 0 spiro atoms. The summed E-state index contributed by atoms with van der Waals surface area (Å²) in [5, 5.41) is 10.7. The molecule has 0 radical (unpaired) electrons. The summed E-state index contributed by atoms with van der Waals surface area (Å²) in [6, 6.07) is 13.2. The number of aryl methyl sites for hydroxylation is 1. The van der Waals surface area contributed by atoms with Crippen LogP contribution in [0.3, 0.4) is 0 Å². The SMILES string of the molecule is FC(F)(F)c1ccccc1Nc1cnnc(N2CCCc3ccccc32)n1. The first-order valence-corrected chi connectivity index (χ1v) is 8.51. The van der Waals surface area contributed by atoms with Gasteiger partial charge in [0.15, 0.2) is 5.82 Å². The highest BCUT2D eigenvalue weighted by molar-refractivity contribution is 5.65. The Kier molecular flexibility index (Phi) is 4.39. The molecular formula is C19H16F3N5. The lowest BCUT2D eigenvalue weighted by Gasteiger charge is -2.29. The molecule has 0 saturated carbocycles. The van der Waals surface area contributed by atoms with Crippen molar-refractivity contribution in [2.24, 2.45) is 0 Å². The maximum atomic E-state index is 13.2. The fourth-order valence-electron chi connectivity index (χ4n) is 3.19. The van der Waals surface area contributed by atoms with Crippen LogP contribution in [0, 0.1) is 0 Å². The van der Waals surface area contributed by atoms with E-state index in [9.17, 15) is 13.2 Å². The Morgan fingerprint density at radius 3 is 2.63 bits per heavy atom. The third kappa shape index (κ3) is 3.55. The predicted molar refractivity (Wildman–Crippen MR) is 96.3 cm³/mol. The van der Waals surface area contributed by atoms with E-state index in [2.05, 4.69) is 26.6 Å². The third-order valence-corrected chi connectivity index (χ3v) is 4.39. The van der Waals surface area contributed by atoms with E-state index in [0.29, 0.717) is 5.95 Å². The van der Waals surface area contributed by atoms with Crippen LogP contribution in [0.25, 0.3) is 0 Å². The first-order valence-electron chi connectivity index (χ1n) is 8.51. The topological polar surface area (TPSA) is 53.9 Å². The molecule has 0 bridgehead atoms. The molecule has 0 unspecified atom stereocenters. The second-order valence-corrected chi connectivity index (χ2v) is 6.19. The highest BCUT2D eigenvalue weighted by Gasteiger charge is 2.33. The first-order chi connectivity index (χ1) is 13.0. The van der Waals surface area contributed by atoms with Crippen LogP contribution in [0.4, 0.5) is 36.3 Å². The number of hydrogen-bond donors (Lipinski definition) is 1. The number of benzene rings is 2. The van der Waals surface area contributed by atoms with Crippen LogP contribution in [0.2, 0.25) is 0 Å². The van der Waals surface area contributed by atoms with E-state index in [0.717, 1.165) is 31.1 Å². The minimum Gasteiger partial charge on any atom is -0.338 e. The fourth-order valence-corrected chi connectivity index (χ4v) is 3.19. The molecule has 5 nitrogen and oxygen atoms in total. The maximum absolute atomic E-state index is 13.2. The van der Waals surface area contributed by atoms with Gasteiger partial charge in [0.25, 0.3) is 5.95 Å². The monoisotopic (exact) mass is 371 g/mol. The number of halogens is 3. The molecule has 4 rings (SSSR count). The summed E-state index contributed by atoms with van der Waals surface area (Å²) >= 11 is 0. The Morgan fingerprint density at radius 1 is 1.00 bits per heavy atom. The van der Waals surface area contributed by atoms with Gasteiger partial charge in [0.1, 0.15) is 0 Å². The van der Waals surface area contributed by atoms with E-state index in [4.69, 9.17) is 0 Å². The Balaban J connectivity index is 1.66. The van der Waals surface area contributed by atoms with Crippen LogP contribution in [-0.2, 0) is 12.6 Å². The molecule has 1 aliphatic rings. The minimum atomic E-state index is -4.46. The normalized spacial score (nSPS) is 14.0. The van der Waals surface area contributed by atoms with E-state index in [1.807, 2.05) is 23.1 Å². The third-order valence-electron chi connectivity index (χ3n) is 4.39. The van der Waals surface area contributed by atoms with Gasteiger partial charge in [-0.1, -0.05) is 30.3 Å². The molecule has 138 valence electrons. The molecule has 27 heavy (non-hydrogen) atoms. The molecule has 0 atom stereocenters. The van der Waals surface area contributed by atoms with Crippen LogP contribution in [0.1, 0.15) is 17.5 Å². The van der Waals surface area contributed by atoms with Crippen LogP contribution in [0.15, 0.2) is 54.7 Å². The van der Waals surface area contributed by atoms with Crippen molar-refractivity contribution in [1.29, 1.82) is 0 Å². The van der Waals surface area contributed by atoms with E-state index >= 15 is 0 Å². The van der Waals surface area contributed by atoms with E-state index in [1.54, 1.807) is 0 Å². The van der Waals surface area contributed by atoms with Gasteiger partial charge in [-0.2, -0.15) is 23.3 Å². The molecule has 1 N–H and O–H groups in total. The van der Waals surface area contributed by atoms with Crippen molar-refractivity contribution < 1.29 is 13.2 Å². The van der Waals surface area contributed by atoms with E-state index in [1.165, 1.54) is 30.0 Å². The molecule has 8 heteroatoms. The fraction of sp³-hybridized carbons (Fsp3) is 0.211. The van der Waals surface area contributed by atoms with Gasteiger partial charge < -0.3 is 10.2 Å². The standard InChI is InChI=1S/C19H16F3N5/c20-19(21,22)14-8-2-3-9-15(14)24-17-12-23-26-18(25-17)27-11-5-7-13-6-1-4-10-16(13)27/h1-4,6,8-10,12H,5,7,11H2,(H,24,25,26). The van der Waals surface area contributed by atoms with Crippen molar-refractivity contribution in [3.8, 4) is 0 Å². The molecule has 1 aliphatic heterocycles. The zero-order chi connectivity index (χ0) is 18.9. The largest absolute Gasteiger partial charge is 0.418 e. The molecule has 0 fully saturated rings. The quantitative estimate of drug-likeness (QED) is 0.722. The lowest BCUT2D eigenvalue weighted by Crippen LogP contribution is -2.26. The second-order valence-electron chi connectivity index (χ2n) is 6.19.